The molecule has 0 aromatic rings. The van der Waals surface area contributed by atoms with E-state index in [1.807, 2.05) is 6.92 Å². The van der Waals surface area contributed by atoms with Crippen molar-refractivity contribution in [2.45, 2.75) is 107 Å². The normalized spacial score (nSPS) is 21.2. The lowest BCUT2D eigenvalue weighted by molar-refractivity contribution is -0.164. The van der Waals surface area contributed by atoms with Crippen LogP contribution in [0.1, 0.15) is 107 Å². The van der Waals surface area contributed by atoms with Gasteiger partial charge in [-0.3, -0.25) is 9.59 Å². The fourth-order valence-corrected chi connectivity index (χ4v) is 5.42. The highest BCUT2D eigenvalue weighted by molar-refractivity contribution is 6.06. The number of ether oxygens (including phenoxy) is 2. The number of hydrogen-bond donors (Lipinski definition) is 0. The summed E-state index contributed by atoms with van der Waals surface area (Å²) in [5, 5.41) is 0. The molecule has 0 bridgehead atoms. The molecular formula is C33H52O4. The smallest absolute Gasteiger partial charge is 0.324 e. The summed E-state index contributed by atoms with van der Waals surface area (Å²) in [4.78, 5) is 26.1. The predicted molar refractivity (Wildman–Crippen MR) is 155 cm³/mol. The molecule has 1 aliphatic carbocycles. The minimum Gasteiger partial charge on any atom is -0.468 e. The van der Waals surface area contributed by atoms with E-state index < -0.39 is 22.8 Å². The predicted octanol–water partition coefficient (Wildman–Crippen LogP) is 8.85. The van der Waals surface area contributed by atoms with Gasteiger partial charge in [-0.2, -0.15) is 0 Å². The molecule has 0 heterocycles. The highest BCUT2D eigenvalue weighted by Gasteiger charge is 2.82. The molecule has 0 aromatic carbocycles. The van der Waals surface area contributed by atoms with Gasteiger partial charge in [0.05, 0.1) is 14.2 Å². The Hall–Kier alpha value is -2.36. The summed E-state index contributed by atoms with van der Waals surface area (Å²) < 4.78 is 10.3. The van der Waals surface area contributed by atoms with Crippen molar-refractivity contribution in [1.82, 2.24) is 0 Å². The van der Waals surface area contributed by atoms with Crippen LogP contribution in [-0.2, 0) is 19.1 Å². The molecule has 2 atom stereocenters. The van der Waals surface area contributed by atoms with Crippen LogP contribution in [0, 0.1) is 16.7 Å². The lowest BCUT2D eigenvalue weighted by Crippen LogP contribution is -2.34. The van der Waals surface area contributed by atoms with Crippen molar-refractivity contribution in [3.8, 4) is 0 Å². The number of methoxy groups -OCH3 is 2. The van der Waals surface area contributed by atoms with Gasteiger partial charge in [0, 0.05) is 11.3 Å². The Morgan fingerprint density at radius 1 is 0.649 bits per heavy atom. The number of esters is 2. The van der Waals surface area contributed by atoms with Crippen molar-refractivity contribution in [2.24, 2.45) is 16.7 Å². The van der Waals surface area contributed by atoms with Crippen LogP contribution in [0.3, 0.4) is 0 Å². The van der Waals surface area contributed by atoms with Crippen LogP contribution in [0.15, 0.2) is 58.2 Å². The molecule has 0 aliphatic heterocycles. The summed E-state index contributed by atoms with van der Waals surface area (Å²) in [6, 6.07) is 0. The molecule has 1 aliphatic rings. The van der Waals surface area contributed by atoms with Crippen molar-refractivity contribution >= 4 is 11.9 Å². The Labute approximate surface area is 227 Å². The molecule has 0 N–H and O–H groups in total. The Morgan fingerprint density at radius 3 is 1.49 bits per heavy atom. The second-order valence-electron chi connectivity index (χ2n) is 11.5. The third kappa shape index (κ3) is 8.86. The van der Waals surface area contributed by atoms with Crippen LogP contribution in [0.2, 0.25) is 0 Å². The van der Waals surface area contributed by atoms with E-state index in [1.165, 1.54) is 42.1 Å². The van der Waals surface area contributed by atoms with Crippen LogP contribution in [-0.4, -0.2) is 26.2 Å². The first-order chi connectivity index (χ1) is 17.4. The molecule has 1 fully saturated rings. The molecule has 0 radical (unpaired) electrons. The highest BCUT2D eigenvalue weighted by atomic mass is 16.5. The van der Waals surface area contributed by atoms with Crippen LogP contribution in [0.5, 0.6) is 0 Å². The van der Waals surface area contributed by atoms with Crippen LogP contribution >= 0.6 is 0 Å². The number of hydrogen-bond acceptors (Lipinski definition) is 4. The van der Waals surface area contributed by atoms with Crippen LogP contribution < -0.4 is 0 Å². The van der Waals surface area contributed by atoms with E-state index in [-0.39, 0.29) is 5.92 Å². The van der Waals surface area contributed by atoms with Gasteiger partial charge in [0.25, 0.3) is 0 Å². The van der Waals surface area contributed by atoms with Gasteiger partial charge < -0.3 is 9.47 Å². The first-order valence-electron chi connectivity index (χ1n) is 13.8. The first-order valence-corrected chi connectivity index (χ1v) is 13.8. The molecule has 1 rings (SSSR count). The van der Waals surface area contributed by atoms with Gasteiger partial charge in [0.15, 0.2) is 5.41 Å². The minimum atomic E-state index is -1.28. The SMILES string of the molecule is COC(=O)C1(C(=O)OC)C(/C=C(\C)CC/C=C(\C)CCC=C(C)C)C1(C)CC/C=C(\C)CCC=C(C)C. The maximum Gasteiger partial charge on any atom is 0.324 e. The Bertz CT molecular complexity index is 919. The quantitative estimate of drug-likeness (QED) is 0.125. The van der Waals surface area contributed by atoms with Gasteiger partial charge in [0.1, 0.15) is 0 Å². The molecule has 0 spiro atoms. The van der Waals surface area contributed by atoms with Gasteiger partial charge in [-0.15, -0.1) is 0 Å². The van der Waals surface area contributed by atoms with Gasteiger partial charge >= 0.3 is 11.9 Å². The molecule has 0 aromatic heterocycles. The molecule has 208 valence electrons. The summed E-state index contributed by atoms with van der Waals surface area (Å²) in [6.45, 7) is 17.0. The largest absolute Gasteiger partial charge is 0.468 e. The zero-order chi connectivity index (χ0) is 28.2. The molecule has 4 heteroatoms. The van der Waals surface area contributed by atoms with E-state index in [4.69, 9.17) is 9.47 Å². The summed E-state index contributed by atoms with van der Waals surface area (Å²) in [5.74, 6) is -1.22. The zero-order valence-corrected chi connectivity index (χ0v) is 25.3. The topological polar surface area (TPSA) is 52.6 Å². The second-order valence-corrected chi connectivity index (χ2v) is 11.5. The van der Waals surface area contributed by atoms with E-state index in [0.29, 0.717) is 0 Å². The van der Waals surface area contributed by atoms with Crippen LogP contribution in [0.25, 0.3) is 0 Å². The monoisotopic (exact) mass is 512 g/mol. The van der Waals surface area contributed by atoms with Crippen LogP contribution in [0.4, 0.5) is 0 Å². The van der Waals surface area contributed by atoms with Gasteiger partial charge in [-0.25, -0.2) is 0 Å². The Balaban J connectivity index is 3.03. The number of carbonyl (C=O) groups is 2. The summed E-state index contributed by atoms with van der Waals surface area (Å²) >= 11 is 0. The lowest BCUT2D eigenvalue weighted by Gasteiger charge is -2.17. The Morgan fingerprint density at radius 2 is 1.05 bits per heavy atom. The summed E-state index contributed by atoms with van der Waals surface area (Å²) in [6.07, 6.45) is 18.8. The third-order valence-corrected chi connectivity index (χ3v) is 7.81. The molecule has 2 unspecified atom stereocenters. The fraction of sp³-hybridized carbons (Fsp3) is 0.636. The highest BCUT2D eigenvalue weighted by Crippen LogP contribution is 2.73. The minimum absolute atomic E-state index is 0.234. The zero-order valence-electron chi connectivity index (χ0n) is 25.3. The summed E-state index contributed by atoms with van der Waals surface area (Å²) in [5.41, 5.74) is 4.78. The second kappa shape index (κ2) is 15.1. The number of rotatable bonds is 15. The summed E-state index contributed by atoms with van der Waals surface area (Å²) in [7, 11) is 2.71. The van der Waals surface area contributed by atoms with Crippen molar-refractivity contribution in [2.75, 3.05) is 14.2 Å². The standard InChI is InChI=1S/C33H52O4/c1-24(2)15-11-17-26(5)19-13-20-28(7)23-29-32(8,33(29,30(34)36-9)31(35)37-10)22-14-21-27(6)18-12-16-25(3)4/h15-16,19,21,23,29H,11-14,17-18,20,22H2,1-10H3/b26-19+,27-21+,28-23+. The first kappa shape index (κ1) is 32.7. The fourth-order valence-electron chi connectivity index (χ4n) is 5.42. The number of carbonyl (C=O) groups excluding carboxylic acids is 2. The average molecular weight is 513 g/mol. The molecule has 0 amide bonds. The lowest BCUT2D eigenvalue weighted by atomic mass is 9.89. The van der Waals surface area contributed by atoms with Crippen molar-refractivity contribution in [1.29, 1.82) is 0 Å². The van der Waals surface area contributed by atoms with Crippen molar-refractivity contribution < 1.29 is 19.1 Å². The maximum atomic E-state index is 13.1. The van der Waals surface area contributed by atoms with Gasteiger partial charge in [-0.05, 0) is 99.8 Å². The van der Waals surface area contributed by atoms with Crippen molar-refractivity contribution in [3.63, 3.8) is 0 Å². The third-order valence-electron chi connectivity index (χ3n) is 7.81. The van der Waals surface area contributed by atoms with E-state index in [1.54, 1.807) is 0 Å². The number of allylic oxidation sites excluding steroid dienone is 10. The average Bonchev–Trinajstić information content (AvgIpc) is 3.34. The molecule has 1 saturated carbocycles. The van der Waals surface area contributed by atoms with E-state index >= 15 is 0 Å². The maximum absolute atomic E-state index is 13.1. The Kier molecular flexibility index (Phi) is 13.4. The molecule has 4 nitrogen and oxygen atoms in total. The van der Waals surface area contributed by atoms with E-state index in [9.17, 15) is 9.59 Å². The molecule has 0 saturated heterocycles. The molecule has 37 heavy (non-hydrogen) atoms. The van der Waals surface area contributed by atoms with E-state index in [2.05, 4.69) is 78.8 Å². The van der Waals surface area contributed by atoms with Gasteiger partial charge in [-0.1, -0.05) is 65.2 Å². The van der Waals surface area contributed by atoms with Crippen molar-refractivity contribution in [3.05, 3.63) is 58.2 Å². The van der Waals surface area contributed by atoms with E-state index in [0.717, 1.165) is 51.4 Å². The van der Waals surface area contributed by atoms with Gasteiger partial charge in [0.2, 0.25) is 0 Å². The molecular weight excluding hydrogens is 460 g/mol.